The van der Waals surface area contributed by atoms with Crippen molar-refractivity contribution in [3.05, 3.63) is 81.4 Å². The van der Waals surface area contributed by atoms with Crippen LogP contribution in [0.3, 0.4) is 0 Å². The number of aliphatic hydroxyl groups is 1. The summed E-state index contributed by atoms with van der Waals surface area (Å²) >= 11 is 3.79. The second kappa shape index (κ2) is 8.03. The van der Waals surface area contributed by atoms with E-state index in [0.29, 0.717) is 0 Å². The minimum absolute atomic E-state index is 0.817. The largest absolute Gasteiger partial charge is 0.497 e. The highest BCUT2D eigenvalue weighted by atomic mass is 79.9. The number of methoxy groups -OCH3 is 1. The molecule has 2 rings (SSSR count). The van der Waals surface area contributed by atoms with Gasteiger partial charge in [0.2, 0.25) is 0 Å². The van der Waals surface area contributed by atoms with E-state index >= 15 is 0 Å². The lowest BCUT2D eigenvalue weighted by molar-refractivity contribution is 0.122. The Hall–Kier alpha value is -1.84. The topological polar surface area (TPSA) is 29.5 Å². The molecule has 0 saturated heterocycles. The van der Waals surface area contributed by atoms with Crippen LogP contribution in [-0.4, -0.2) is 17.8 Å². The number of ether oxygens (including phenoxy) is 1. The third kappa shape index (κ3) is 4.62. The van der Waals surface area contributed by atoms with Crippen LogP contribution < -0.4 is 4.74 Å². The van der Waals surface area contributed by atoms with Crippen LogP contribution in [0.25, 0.3) is 5.57 Å². The number of hydrogen-bond donors (Lipinski definition) is 1. The summed E-state index contributed by atoms with van der Waals surface area (Å²) in [5.41, 5.74) is 4.19. The number of benzene rings is 2. The maximum Gasteiger partial charge on any atom is 0.118 e. The van der Waals surface area contributed by atoms with Gasteiger partial charge in [0.25, 0.3) is 0 Å². The van der Waals surface area contributed by atoms with Crippen LogP contribution in [-0.2, 0) is 0 Å². The quantitative estimate of drug-likeness (QED) is 0.627. The lowest BCUT2D eigenvalue weighted by Gasteiger charge is -2.26. The van der Waals surface area contributed by atoms with E-state index in [1.54, 1.807) is 7.11 Å². The number of rotatable bonds is 5. The highest BCUT2D eigenvalue weighted by Gasteiger charge is 2.26. The molecule has 3 heteroatoms. The summed E-state index contributed by atoms with van der Waals surface area (Å²) in [5.74, 6) is 0.817. The second-order valence-electron chi connectivity index (χ2n) is 6.72. The van der Waals surface area contributed by atoms with Gasteiger partial charge in [0.05, 0.1) is 12.7 Å². The molecule has 0 atom stereocenters. The van der Waals surface area contributed by atoms with Crippen molar-refractivity contribution >= 4 is 21.5 Å². The Bertz CT molecular complexity index is 775. The molecule has 2 nitrogen and oxygen atoms in total. The first-order chi connectivity index (χ1) is 11.8. The third-order valence-corrected chi connectivity index (χ3v) is 4.78. The van der Waals surface area contributed by atoms with Gasteiger partial charge in [-0.2, -0.15) is 0 Å². The zero-order chi connectivity index (χ0) is 18.6. The van der Waals surface area contributed by atoms with Gasteiger partial charge in [-0.25, -0.2) is 0 Å². The van der Waals surface area contributed by atoms with Gasteiger partial charge in [0.15, 0.2) is 0 Å². The predicted molar refractivity (Wildman–Crippen MR) is 109 cm³/mol. The molecule has 1 N–H and O–H groups in total. The lowest BCUT2D eigenvalue weighted by atomic mass is 9.88. The summed E-state index contributed by atoms with van der Waals surface area (Å²) in [6.45, 7) is 7.66. The van der Waals surface area contributed by atoms with Crippen LogP contribution in [0.5, 0.6) is 5.75 Å². The first-order valence-corrected chi connectivity index (χ1v) is 9.05. The summed E-state index contributed by atoms with van der Waals surface area (Å²) in [6, 6.07) is 18.2. The molecule has 0 heterocycles. The third-order valence-electron chi connectivity index (χ3n) is 3.99. The van der Waals surface area contributed by atoms with Crippen molar-refractivity contribution in [2.45, 2.75) is 33.3 Å². The van der Waals surface area contributed by atoms with Crippen LogP contribution in [0, 0.1) is 0 Å². The average molecular weight is 401 g/mol. The Balaban J connectivity index is 2.76. The zero-order valence-corrected chi connectivity index (χ0v) is 17.0. The molecular formula is C22H25BrO2. The molecule has 0 spiro atoms. The van der Waals surface area contributed by atoms with Crippen LogP contribution in [0.15, 0.2) is 70.2 Å². The fraction of sp³-hybridized carbons (Fsp3) is 0.273. The molecule has 0 amide bonds. The molecule has 2 aromatic carbocycles. The van der Waals surface area contributed by atoms with Gasteiger partial charge in [-0.05, 0) is 72.5 Å². The van der Waals surface area contributed by atoms with Crippen molar-refractivity contribution in [1.29, 1.82) is 0 Å². The van der Waals surface area contributed by atoms with E-state index < -0.39 is 5.60 Å². The first kappa shape index (κ1) is 19.5. The van der Waals surface area contributed by atoms with E-state index in [4.69, 9.17) is 4.74 Å². The number of allylic oxidation sites excluding steroid dienone is 1. The van der Waals surface area contributed by atoms with Crippen molar-refractivity contribution in [1.82, 2.24) is 0 Å². The molecule has 2 aromatic rings. The van der Waals surface area contributed by atoms with Gasteiger partial charge in [-0.1, -0.05) is 48.0 Å². The molecule has 0 aliphatic rings. The lowest BCUT2D eigenvalue weighted by Crippen LogP contribution is -2.23. The molecule has 0 aliphatic carbocycles. The normalized spacial score (nSPS) is 12.4. The average Bonchev–Trinajstić information content (AvgIpc) is 2.55. The van der Waals surface area contributed by atoms with Crippen LogP contribution in [0.4, 0.5) is 0 Å². The standard InChI is InChI=1S/C22H25BrO2/c1-15(2)20(22(3,4)24)21(23)19(16-9-7-6-8-10-16)17-11-13-18(25-5)14-12-17/h6-14,24H,1-5H3/b21-19+. The monoisotopic (exact) mass is 400 g/mol. The van der Waals surface area contributed by atoms with E-state index in [0.717, 1.165) is 38.1 Å². The SMILES string of the molecule is COc1ccc(/C(=C(/Br)C(=C(C)C)C(C)(C)O)c2ccccc2)cc1. The minimum Gasteiger partial charge on any atom is -0.497 e. The molecule has 0 aromatic heterocycles. The number of halogens is 1. The summed E-state index contributed by atoms with van der Waals surface area (Å²) < 4.78 is 6.18. The van der Waals surface area contributed by atoms with Crippen molar-refractivity contribution < 1.29 is 9.84 Å². The van der Waals surface area contributed by atoms with Crippen LogP contribution >= 0.6 is 15.9 Å². The predicted octanol–water partition coefficient (Wildman–Crippen LogP) is 5.96. The Labute approximate surface area is 159 Å². The van der Waals surface area contributed by atoms with Gasteiger partial charge in [0.1, 0.15) is 5.75 Å². The summed E-state index contributed by atoms with van der Waals surface area (Å²) in [4.78, 5) is 0. The summed E-state index contributed by atoms with van der Waals surface area (Å²) in [5, 5.41) is 10.7. The Kier molecular flexibility index (Phi) is 6.26. The maximum atomic E-state index is 10.7. The molecule has 132 valence electrons. The van der Waals surface area contributed by atoms with Gasteiger partial charge in [0, 0.05) is 10.1 Å². The molecule has 0 radical (unpaired) electrons. The summed E-state index contributed by atoms with van der Waals surface area (Å²) in [6.07, 6.45) is 0. The van der Waals surface area contributed by atoms with Gasteiger partial charge < -0.3 is 9.84 Å². The number of hydrogen-bond acceptors (Lipinski definition) is 2. The molecule has 0 bridgehead atoms. The minimum atomic E-state index is -0.954. The van der Waals surface area contributed by atoms with E-state index in [1.165, 1.54) is 0 Å². The molecule has 0 saturated carbocycles. The Morgan fingerprint density at radius 1 is 0.920 bits per heavy atom. The van der Waals surface area contributed by atoms with Crippen LogP contribution in [0.2, 0.25) is 0 Å². The van der Waals surface area contributed by atoms with Crippen molar-refractivity contribution in [2.24, 2.45) is 0 Å². The van der Waals surface area contributed by atoms with Crippen molar-refractivity contribution in [3.8, 4) is 5.75 Å². The first-order valence-electron chi connectivity index (χ1n) is 8.26. The Morgan fingerprint density at radius 2 is 1.44 bits per heavy atom. The van der Waals surface area contributed by atoms with E-state index in [2.05, 4.69) is 28.1 Å². The highest BCUT2D eigenvalue weighted by molar-refractivity contribution is 9.12. The maximum absolute atomic E-state index is 10.7. The summed E-state index contributed by atoms with van der Waals surface area (Å²) in [7, 11) is 1.66. The van der Waals surface area contributed by atoms with E-state index in [1.807, 2.05) is 70.2 Å². The van der Waals surface area contributed by atoms with Crippen LogP contribution in [0.1, 0.15) is 38.8 Å². The second-order valence-corrected chi connectivity index (χ2v) is 7.51. The highest BCUT2D eigenvalue weighted by Crippen LogP contribution is 2.39. The van der Waals surface area contributed by atoms with Gasteiger partial charge in [-0.3, -0.25) is 0 Å². The molecule has 25 heavy (non-hydrogen) atoms. The van der Waals surface area contributed by atoms with Crippen molar-refractivity contribution in [2.75, 3.05) is 7.11 Å². The molecule has 0 fully saturated rings. The fourth-order valence-electron chi connectivity index (χ4n) is 3.01. The van der Waals surface area contributed by atoms with Gasteiger partial charge in [-0.15, -0.1) is 0 Å². The van der Waals surface area contributed by atoms with E-state index in [9.17, 15) is 5.11 Å². The molecular weight excluding hydrogens is 376 g/mol. The van der Waals surface area contributed by atoms with E-state index in [-0.39, 0.29) is 0 Å². The Morgan fingerprint density at radius 3 is 1.88 bits per heavy atom. The molecule has 0 aliphatic heterocycles. The zero-order valence-electron chi connectivity index (χ0n) is 15.4. The fourth-order valence-corrected chi connectivity index (χ4v) is 4.35. The van der Waals surface area contributed by atoms with Gasteiger partial charge >= 0.3 is 0 Å². The smallest absolute Gasteiger partial charge is 0.118 e. The molecule has 0 unspecified atom stereocenters. The van der Waals surface area contributed by atoms with Crippen molar-refractivity contribution in [3.63, 3.8) is 0 Å².